The maximum atomic E-state index is 10.6. The van der Waals surface area contributed by atoms with E-state index in [1.54, 1.807) is 19.2 Å². The zero-order valence-electron chi connectivity index (χ0n) is 15.6. The fraction of sp³-hybridized carbons (Fsp3) is 0.300. The highest BCUT2D eigenvalue weighted by Gasteiger charge is 2.13. The normalized spacial score (nSPS) is 11.4. The summed E-state index contributed by atoms with van der Waals surface area (Å²) in [5.74, 6) is 1.21. The van der Waals surface area contributed by atoms with Crippen molar-refractivity contribution < 1.29 is 14.3 Å². The second-order valence-corrected chi connectivity index (χ2v) is 6.88. The number of nitrogens with one attached hydrogen (secondary N) is 1. The third-order valence-corrected chi connectivity index (χ3v) is 3.79. The number of rotatable bonds is 6. The fourth-order valence-corrected chi connectivity index (χ4v) is 2.32. The summed E-state index contributed by atoms with van der Waals surface area (Å²) in [6.07, 6.45) is 1.47. The van der Waals surface area contributed by atoms with E-state index in [-0.39, 0.29) is 5.41 Å². The topological polar surface area (TPSA) is 85.9 Å². The van der Waals surface area contributed by atoms with Crippen LogP contribution >= 0.6 is 0 Å². The number of methoxy groups -OCH3 is 1. The van der Waals surface area contributed by atoms with Gasteiger partial charge >= 0.3 is 6.03 Å². The van der Waals surface area contributed by atoms with Crippen molar-refractivity contribution in [3.63, 3.8) is 0 Å². The molecule has 2 amide bonds. The first-order valence-corrected chi connectivity index (χ1v) is 8.28. The molecule has 0 radical (unpaired) electrons. The van der Waals surface area contributed by atoms with E-state index >= 15 is 0 Å². The Labute approximate surface area is 154 Å². The summed E-state index contributed by atoms with van der Waals surface area (Å²) in [5, 5.41) is 3.72. The Morgan fingerprint density at radius 1 is 1.15 bits per heavy atom. The molecule has 0 fully saturated rings. The Balaban J connectivity index is 2.05. The number of benzene rings is 2. The zero-order valence-corrected chi connectivity index (χ0v) is 15.6. The lowest BCUT2D eigenvalue weighted by Gasteiger charge is -2.19. The molecule has 0 aromatic heterocycles. The lowest BCUT2D eigenvalue weighted by atomic mass is 9.87. The summed E-state index contributed by atoms with van der Waals surface area (Å²) in [6, 6.07) is 13.1. The van der Waals surface area contributed by atoms with Gasteiger partial charge < -0.3 is 15.2 Å². The van der Waals surface area contributed by atoms with Gasteiger partial charge in [0.25, 0.3) is 0 Å². The van der Waals surface area contributed by atoms with Gasteiger partial charge in [0, 0.05) is 0 Å². The Bertz CT molecular complexity index is 778. The molecule has 6 heteroatoms. The highest BCUT2D eigenvalue weighted by atomic mass is 16.5. The first kappa shape index (κ1) is 19.3. The summed E-state index contributed by atoms with van der Waals surface area (Å²) < 4.78 is 11.2. The summed E-state index contributed by atoms with van der Waals surface area (Å²) in [7, 11) is 1.57. The van der Waals surface area contributed by atoms with E-state index in [0.29, 0.717) is 18.1 Å². The number of hydrogen-bond donors (Lipinski definition) is 2. The van der Waals surface area contributed by atoms with Gasteiger partial charge in [0.2, 0.25) is 0 Å². The molecular formula is C20H25N3O3. The van der Waals surface area contributed by atoms with Gasteiger partial charge in [0.15, 0.2) is 11.5 Å². The summed E-state index contributed by atoms with van der Waals surface area (Å²) in [5.41, 5.74) is 10.3. The molecule has 2 aromatic carbocycles. The number of nitrogens with zero attached hydrogens (tertiary/aromatic N) is 1. The molecule has 138 valence electrons. The minimum atomic E-state index is -0.717. The molecule has 0 aliphatic carbocycles. The van der Waals surface area contributed by atoms with Crippen molar-refractivity contribution in [2.24, 2.45) is 10.8 Å². The van der Waals surface area contributed by atoms with E-state index in [0.717, 1.165) is 11.1 Å². The lowest BCUT2D eigenvalue weighted by molar-refractivity contribution is 0.249. The van der Waals surface area contributed by atoms with Crippen molar-refractivity contribution in [2.75, 3.05) is 7.11 Å². The van der Waals surface area contributed by atoms with Crippen molar-refractivity contribution >= 4 is 12.2 Å². The van der Waals surface area contributed by atoms with E-state index in [9.17, 15) is 4.79 Å². The Morgan fingerprint density at radius 2 is 1.85 bits per heavy atom. The molecule has 0 saturated carbocycles. The van der Waals surface area contributed by atoms with Crippen LogP contribution < -0.4 is 20.6 Å². The van der Waals surface area contributed by atoms with Gasteiger partial charge in [-0.2, -0.15) is 5.10 Å². The highest BCUT2D eigenvalue weighted by Crippen LogP contribution is 2.29. The number of amides is 2. The molecular weight excluding hydrogens is 330 g/mol. The smallest absolute Gasteiger partial charge is 0.332 e. The average molecular weight is 355 g/mol. The first-order chi connectivity index (χ1) is 12.3. The van der Waals surface area contributed by atoms with Gasteiger partial charge in [-0.05, 0) is 40.3 Å². The summed E-state index contributed by atoms with van der Waals surface area (Å²) in [4.78, 5) is 10.6. The molecule has 2 rings (SSSR count). The van der Waals surface area contributed by atoms with Crippen molar-refractivity contribution in [3.05, 3.63) is 59.2 Å². The Kier molecular flexibility index (Phi) is 6.22. The molecule has 0 aliphatic heterocycles. The maximum Gasteiger partial charge on any atom is 0.332 e. The molecule has 0 aliphatic rings. The van der Waals surface area contributed by atoms with Crippen LogP contribution in [0.1, 0.15) is 37.5 Å². The minimum Gasteiger partial charge on any atom is -0.493 e. The number of nitrogens with two attached hydrogens (primary N) is 1. The molecule has 3 N–H and O–H groups in total. The standard InChI is InChI=1S/C20H25N3O3/c1-20(2,3)16-8-5-14(6-9-16)13-26-17-10-7-15(11-18(17)25-4)12-22-23-19(21)24/h5-12H,13H2,1-4H3,(H3,21,23,24)/b22-12+. The van der Waals surface area contributed by atoms with Crippen LogP contribution in [0.5, 0.6) is 11.5 Å². The van der Waals surface area contributed by atoms with E-state index in [1.165, 1.54) is 11.8 Å². The molecule has 0 bridgehead atoms. The molecule has 6 nitrogen and oxygen atoms in total. The number of urea groups is 1. The van der Waals surface area contributed by atoms with Crippen molar-refractivity contribution in [3.8, 4) is 11.5 Å². The molecule has 0 saturated heterocycles. The molecule has 0 unspecified atom stereocenters. The molecule has 2 aromatic rings. The van der Waals surface area contributed by atoms with Crippen molar-refractivity contribution in [2.45, 2.75) is 32.8 Å². The second kappa shape index (κ2) is 8.38. The molecule has 0 spiro atoms. The number of carbonyl (C=O) groups is 1. The lowest BCUT2D eigenvalue weighted by Crippen LogP contribution is -2.24. The number of primary amides is 1. The van der Waals surface area contributed by atoms with E-state index in [1.807, 2.05) is 6.07 Å². The van der Waals surface area contributed by atoms with Gasteiger partial charge in [-0.3, -0.25) is 0 Å². The summed E-state index contributed by atoms with van der Waals surface area (Å²) in [6.45, 7) is 7.00. The Hall–Kier alpha value is -3.02. The maximum absolute atomic E-state index is 10.6. The second-order valence-electron chi connectivity index (χ2n) is 6.88. The van der Waals surface area contributed by atoms with Crippen LogP contribution in [0.3, 0.4) is 0 Å². The molecule has 26 heavy (non-hydrogen) atoms. The SMILES string of the molecule is COc1cc(/C=N/NC(N)=O)ccc1OCc1ccc(C(C)(C)C)cc1. The van der Waals surface area contributed by atoms with E-state index in [2.05, 4.69) is 55.6 Å². The van der Waals surface area contributed by atoms with Crippen molar-refractivity contribution in [1.29, 1.82) is 0 Å². The molecule has 0 atom stereocenters. The number of hydrazone groups is 1. The van der Waals surface area contributed by atoms with Gasteiger partial charge in [-0.25, -0.2) is 10.2 Å². The van der Waals surface area contributed by atoms with Crippen LogP contribution in [-0.2, 0) is 12.0 Å². The van der Waals surface area contributed by atoms with Crippen molar-refractivity contribution in [1.82, 2.24) is 5.43 Å². The summed E-state index contributed by atoms with van der Waals surface area (Å²) >= 11 is 0. The third-order valence-electron chi connectivity index (χ3n) is 3.79. The third kappa shape index (κ3) is 5.51. The quantitative estimate of drug-likeness (QED) is 0.613. The van der Waals surface area contributed by atoms with Gasteiger partial charge in [0.1, 0.15) is 6.61 Å². The largest absolute Gasteiger partial charge is 0.493 e. The van der Waals surface area contributed by atoms with E-state index < -0.39 is 6.03 Å². The van der Waals surface area contributed by atoms with Crippen LogP contribution in [0, 0.1) is 0 Å². The van der Waals surface area contributed by atoms with Crippen LogP contribution in [0.25, 0.3) is 0 Å². The first-order valence-electron chi connectivity index (χ1n) is 8.28. The Morgan fingerprint density at radius 3 is 2.42 bits per heavy atom. The monoisotopic (exact) mass is 355 g/mol. The van der Waals surface area contributed by atoms with Crippen LogP contribution in [0.2, 0.25) is 0 Å². The minimum absolute atomic E-state index is 0.128. The number of carbonyl (C=O) groups excluding carboxylic acids is 1. The predicted molar refractivity (Wildman–Crippen MR) is 103 cm³/mol. The molecule has 0 heterocycles. The number of ether oxygens (including phenoxy) is 2. The zero-order chi connectivity index (χ0) is 19.2. The van der Waals surface area contributed by atoms with Crippen LogP contribution in [-0.4, -0.2) is 19.4 Å². The van der Waals surface area contributed by atoms with Crippen LogP contribution in [0.15, 0.2) is 47.6 Å². The van der Waals surface area contributed by atoms with Crippen LogP contribution in [0.4, 0.5) is 4.79 Å². The number of hydrogen-bond acceptors (Lipinski definition) is 4. The van der Waals surface area contributed by atoms with E-state index in [4.69, 9.17) is 15.2 Å². The van der Waals surface area contributed by atoms with Gasteiger partial charge in [-0.1, -0.05) is 45.0 Å². The predicted octanol–water partition coefficient (Wildman–Crippen LogP) is 3.57. The highest BCUT2D eigenvalue weighted by molar-refractivity contribution is 5.82. The van der Waals surface area contributed by atoms with Gasteiger partial charge in [0.05, 0.1) is 13.3 Å². The average Bonchev–Trinajstić information content (AvgIpc) is 2.59. The fourth-order valence-electron chi connectivity index (χ4n) is 2.32. The van der Waals surface area contributed by atoms with Gasteiger partial charge in [-0.15, -0.1) is 0 Å².